The van der Waals surface area contributed by atoms with Gasteiger partial charge in [0.25, 0.3) is 11.1 Å². The maximum Gasteiger partial charge on any atom is 0.293 e. The number of nitrogens with zero attached hydrogens (tertiary/aromatic N) is 1. The first-order chi connectivity index (χ1) is 12.5. The van der Waals surface area contributed by atoms with Crippen molar-refractivity contribution in [3.05, 3.63) is 68.5 Å². The molecule has 1 aliphatic heterocycles. The molecule has 0 aliphatic carbocycles. The standard InChI is InChI=1S/C20H18BrNO3S/c1-3-25-17-9-8-14(10-16(17)21)11-18-19(23)22(20(24)26-18)12-15-7-5-4-6-13(15)2/h4-11H,3,12H2,1-2H3/b18-11-. The largest absolute Gasteiger partial charge is 0.493 e. The number of hydrogen-bond donors (Lipinski definition) is 0. The molecule has 134 valence electrons. The molecule has 1 aliphatic rings. The Bertz CT molecular complexity index is 894. The number of benzene rings is 2. The van der Waals surface area contributed by atoms with Gasteiger partial charge in [-0.05, 0) is 76.4 Å². The van der Waals surface area contributed by atoms with E-state index in [2.05, 4.69) is 15.9 Å². The van der Waals surface area contributed by atoms with Gasteiger partial charge in [-0.2, -0.15) is 0 Å². The Labute approximate surface area is 165 Å². The molecule has 0 N–H and O–H groups in total. The number of halogens is 1. The number of aryl methyl sites for hydroxylation is 1. The number of rotatable bonds is 5. The summed E-state index contributed by atoms with van der Waals surface area (Å²) in [6.07, 6.45) is 1.74. The molecule has 2 amide bonds. The summed E-state index contributed by atoms with van der Waals surface area (Å²) in [5.74, 6) is 0.491. The van der Waals surface area contributed by atoms with Crippen LogP contribution in [0, 0.1) is 6.92 Å². The third kappa shape index (κ3) is 4.02. The molecule has 3 rings (SSSR count). The van der Waals surface area contributed by atoms with Crippen LogP contribution in [0.25, 0.3) is 6.08 Å². The first-order valence-corrected chi connectivity index (χ1v) is 9.82. The van der Waals surface area contributed by atoms with E-state index >= 15 is 0 Å². The molecule has 1 saturated heterocycles. The van der Waals surface area contributed by atoms with E-state index in [0.717, 1.165) is 38.7 Å². The van der Waals surface area contributed by atoms with Crippen molar-refractivity contribution in [1.29, 1.82) is 0 Å². The monoisotopic (exact) mass is 431 g/mol. The SMILES string of the molecule is CCOc1ccc(/C=C2\SC(=O)N(Cc3ccccc3C)C2=O)cc1Br. The van der Waals surface area contributed by atoms with Crippen molar-refractivity contribution in [3.63, 3.8) is 0 Å². The lowest BCUT2D eigenvalue weighted by molar-refractivity contribution is -0.123. The van der Waals surface area contributed by atoms with E-state index in [0.29, 0.717) is 18.1 Å². The van der Waals surface area contributed by atoms with Crippen LogP contribution in [0.15, 0.2) is 51.8 Å². The number of ether oxygens (including phenoxy) is 1. The Morgan fingerprint density at radius 2 is 1.96 bits per heavy atom. The van der Waals surface area contributed by atoms with E-state index in [-0.39, 0.29) is 11.1 Å². The maximum atomic E-state index is 12.7. The highest BCUT2D eigenvalue weighted by atomic mass is 79.9. The first-order valence-electron chi connectivity index (χ1n) is 8.22. The summed E-state index contributed by atoms with van der Waals surface area (Å²) in [6, 6.07) is 13.3. The predicted molar refractivity (Wildman–Crippen MR) is 108 cm³/mol. The van der Waals surface area contributed by atoms with Gasteiger partial charge >= 0.3 is 0 Å². The Balaban J connectivity index is 1.81. The number of thioether (sulfide) groups is 1. The van der Waals surface area contributed by atoms with Crippen LogP contribution in [-0.2, 0) is 11.3 Å². The van der Waals surface area contributed by atoms with E-state index in [1.165, 1.54) is 4.90 Å². The van der Waals surface area contributed by atoms with Gasteiger partial charge in [0.05, 0.1) is 22.5 Å². The number of carbonyl (C=O) groups excluding carboxylic acids is 2. The maximum absolute atomic E-state index is 12.7. The van der Waals surface area contributed by atoms with Crippen molar-refractivity contribution >= 4 is 44.9 Å². The minimum absolute atomic E-state index is 0.241. The summed E-state index contributed by atoms with van der Waals surface area (Å²) in [6.45, 7) is 4.77. The van der Waals surface area contributed by atoms with Crippen LogP contribution in [-0.4, -0.2) is 22.7 Å². The summed E-state index contributed by atoms with van der Waals surface area (Å²) >= 11 is 4.44. The molecule has 0 unspecified atom stereocenters. The van der Waals surface area contributed by atoms with Crippen LogP contribution in [0.5, 0.6) is 5.75 Å². The zero-order valence-electron chi connectivity index (χ0n) is 14.5. The van der Waals surface area contributed by atoms with E-state index in [9.17, 15) is 9.59 Å². The first kappa shape index (κ1) is 18.7. The zero-order valence-corrected chi connectivity index (χ0v) is 16.9. The molecule has 0 saturated carbocycles. The predicted octanol–water partition coefficient (Wildman–Crippen LogP) is 5.39. The normalized spacial score (nSPS) is 15.8. The van der Waals surface area contributed by atoms with Crippen molar-refractivity contribution in [2.75, 3.05) is 6.61 Å². The highest BCUT2D eigenvalue weighted by Gasteiger charge is 2.35. The van der Waals surface area contributed by atoms with Crippen molar-refractivity contribution in [1.82, 2.24) is 4.90 Å². The van der Waals surface area contributed by atoms with Gasteiger partial charge in [-0.15, -0.1) is 0 Å². The van der Waals surface area contributed by atoms with Crippen LogP contribution in [0.1, 0.15) is 23.6 Å². The minimum atomic E-state index is -0.256. The quantitative estimate of drug-likeness (QED) is 0.595. The van der Waals surface area contributed by atoms with Crippen molar-refractivity contribution in [2.45, 2.75) is 20.4 Å². The molecule has 0 atom stereocenters. The van der Waals surface area contributed by atoms with Gasteiger partial charge < -0.3 is 4.74 Å². The highest BCUT2D eigenvalue weighted by Crippen LogP contribution is 2.35. The zero-order chi connectivity index (χ0) is 18.7. The molecule has 0 radical (unpaired) electrons. The van der Waals surface area contributed by atoms with E-state index < -0.39 is 0 Å². The Morgan fingerprint density at radius 1 is 1.19 bits per heavy atom. The topological polar surface area (TPSA) is 46.6 Å². The molecule has 1 fully saturated rings. The Morgan fingerprint density at radius 3 is 2.65 bits per heavy atom. The summed E-state index contributed by atoms with van der Waals surface area (Å²) in [4.78, 5) is 26.7. The van der Waals surface area contributed by atoms with Gasteiger partial charge in [0.15, 0.2) is 0 Å². The molecular weight excluding hydrogens is 414 g/mol. The van der Waals surface area contributed by atoms with Crippen molar-refractivity contribution in [2.24, 2.45) is 0 Å². The molecular formula is C20H18BrNO3S. The average Bonchev–Trinajstić information content (AvgIpc) is 2.87. The lowest BCUT2D eigenvalue weighted by Gasteiger charge is -2.14. The average molecular weight is 432 g/mol. The van der Waals surface area contributed by atoms with Crippen LogP contribution in [0.4, 0.5) is 4.79 Å². The Kier molecular flexibility index (Phi) is 5.84. The van der Waals surface area contributed by atoms with E-state index in [1.807, 2.05) is 56.3 Å². The second kappa shape index (κ2) is 8.10. The molecule has 0 aromatic heterocycles. The summed E-state index contributed by atoms with van der Waals surface area (Å²) in [5.41, 5.74) is 2.87. The van der Waals surface area contributed by atoms with Gasteiger partial charge in [-0.25, -0.2) is 0 Å². The molecule has 26 heavy (non-hydrogen) atoms. The van der Waals surface area contributed by atoms with Gasteiger partial charge in [0, 0.05) is 0 Å². The fraction of sp³-hybridized carbons (Fsp3) is 0.200. The van der Waals surface area contributed by atoms with Crippen molar-refractivity contribution < 1.29 is 14.3 Å². The van der Waals surface area contributed by atoms with Gasteiger partial charge in [-0.1, -0.05) is 30.3 Å². The lowest BCUT2D eigenvalue weighted by Crippen LogP contribution is -2.27. The molecule has 1 heterocycles. The molecule has 0 spiro atoms. The third-order valence-electron chi connectivity index (χ3n) is 4.02. The smallest absolute Gasteiger partial charge is 0.293 e. The van der Waals surface area contributed by atoms with Gasteiger partial charge in [0.1, 0.15) is 5.75 Å². The number of carbonyl (C=O) groups is 2. The molecule has 4 nitrogen and oxygen atoms in total. The number of hydrogen-bond acceptors (Lipinski definition) is 4. The molecule has 2 aromatic rings. The summed E-state index contributed by atoms with van der Waals surface area (Å²) < 4.78 is 6.30. The fourth-order valence-electron chi connectivity index (χ4n) is 2.62. The van der Waals surface area contributed by atoms with Crippen LogP contribution in [0.3, 0.4) is 0 Å². The van der Waals surface area contributed by atoms with Crippen LogP contribution in [0.2, 0.25) is 0 Å². The van der Waals surface area contributed by atoms with Crippen LogP contribution >= 0.6 is 27.7 Å². The second-order valence-corrected chi connectivity index (χ2v) is 7.66. The fourth-order valence-corrected chi connectivity index (χ4v) is 3.97. The minimum Gasteiger partial charge on any atom is -0.493 e. The third-order valence-corrected chi connectivity index (χ3v) is 5.54. The molecule has 2 aromatic carbocycles. The van der Waals surface area contributed by atoms with Crippen LogP contribution < -0.4 is 4.74 Å². The number of imide groups is 1. The second-order valence-electron chi connectivity index (χ2n) is 5.82. The highest BCUT2D eigenvalue weighted by molar-refractivity contribution is 9.10. The van der Waals surface area contributed by atoms with Gasteiger partial charge in [-0.3, -0.25) is 14.5 Å². The summed E-state index contributed by atoms with van der Waals surface area (Å²) in [7, 11) is 0. The molecule has 6 heteroatoms. The lowest BCUT2D eigenvalue weighted by atomic mass is 10.1. The summed E-state index contributed by atoms with van der Waals surface area (Å²) in [5, 5.41) is -0.241. The van der Waals surface area contributed by atoms with E-state index in [4.69, 9.17) is 4.74 Å². The van der Waals surface area contributed by atoms with E-state index in [1.54, 1.807) is 6.08 Å². The number of amides is 2. The van der Waals surface area contributed by atoms with Gasteiger partial charge in [0.2, 0.25) is 0 Å². The molecule has 0 bridgehead atoms. The van der Waals surface area contributed by atoms with Crippen molar-refractivity contribution in [3.8, 4) is 5.75 Å². The Hall–Kier alpha value is -2.05.